The molecule has 0 unspecified atom stereocenters. The summed E-state index contributed by atoms with van der Waals surface area (Å²) in [4.78, 5) is 4.07. The average Bonchev–Trinajstić information content (AvgIpc) is 2.74. The lowest BCUT2D eigenvalue weighted by Crippen LogP contribution is -2.49. The molecule has 2 aromatic carbocycles. The maximum Gasteiger partial charge on any atom is 0.283 e. The smallest absolute Gasteiger partial charge is 0.283 e. The van der Waals surface area contributed by atoms with Crippen molar-refractivity contribution in [1.82, 2.24) is 9.80 Å². The molecule has 0 bridgehead atoms. The number of hydrogen-bond donors (Lipinski definition) is 0. The zero-order valence-corrected chi connectivity index (χ0v) is 20.3. The highest BCUT2D eigenvalue weighted by molar-refractivity contribution is 7.90. The zero-order valence-electron chi connectivity index (χ0n) is 18.7. The summed E-state index contributed by atoms with van der Waals surface area (Å²) in [6.45, 7) is 9.16. The van der Waals surface area contributed by atoms with Gasteiger partial charge in [0.15, 0.2) is 0 Å². The Hall–Kier alpha value is -2.72. The molecule has 2 aromatic rings. The number of rotatable bonds is 4. The van der Waals surface area contributed by atoms with Gasteiger partial charge >= 0.3 is 0 Å². The van der Waals surface area contributed by atoms with E-state index in [1.165, 1.54) is 0 Å². The Morgan fingerprint density at radius 3 is 1.19 bits per heavy atom. The maximum absolute atomic E-state index is 12.6. The van der Waals surface area contributed by atoms with Crippen molar-refractivity contribution in [3.63, 3.8) is 0 Å². The highest BCUT2D eigenvalue weighted by Crippen LogP contribution is 2.16. The van der Waals surface area contributed by atoms with E-state index in [1.54, 1.807) is 62.4 Å². The summed E-state index contributed by atoms with van der Waals surface area (Å²) in [6.07, 6.45) is 0. The standard InChI is InChI=1S/C22H28N4O4S2/c1-17-5-9-21(10-6-17)31(27,28)23-19(3)25-13-15-26(16-14-25)20(4)24-32(29,30)22-11-7-18(2)8-12-22/h5-12H,13-16H2,1-4H3. The molecule has 32 heavy (non-hydrogen) atoms. The van der Waals surface area contributed by atoms with E-state index in [0.29, 0.717) is 37.9 Å². The highest BCUT2D eigenvalue weighted by Gasteiger charge is 2.22. The monoisotopic (exact) mass is 476 g/mol. The van der Waals surface area contributed by atoms with Gasteiger partial charge in [0, 0.05) is 26.2 Å². The summed E-state index contributed by atoms with van der Waals surface area (Å²) in [6, 6.07) is 13.2. The van der Waals surface area contributed by atoms with E-state index in [0.717, 1.165) is 11.1 Å². The SMILES string of the molecule is CC(=NS(=O)(=O)c1ccc(C)cc1)N1CCN(C(C)=NS(=O)(=O)c2ccc(C)cc2)CC1. The molecular formula is C22H28N4O4S2. The van der Waals surface area contributed by atoms with Crippen LogP contribution in [0.3, 0.4) is 0 Å². The van der Waals surface area contributed by atoms with E-state index in [-0.39, 0.29) is 9.79 Å². The van der Waals surface area contributed by atoms with Crippen LogP contribution in [0.1, 0.15) is 25.0 Å². The number of benzene rings is 2. The molecule has 1 heterocycles. The van der Waals surface area contributed by atoms with Gasteiger partial charge in [0.05, 0.1) is 9.79 Å². The number of sulfonamides is 2. The van der Waals surface area contributed by atoms with Crippen molar-refractivity contribution in [3.8, 4) is 0 Å². The molecule has 172 valence electrons. The van der Waals surface area contributed by atoms with Gasteiger partial charge in [-0.2, -0.15) is 16.8 Å². The molecule has 1 aliphatic heterocycles. The van der Waals surface area contributed by atoms with Crippen LogP contribution in [0, 0.1) is 13.8 Å². The number of nitrogens with zero attached hydrogens (tertiary/aromatic N) is 4. The number of hydrogen-bond acceptors (Lipinski definition) is 4. The summed E-state index contributed by atoms with van der Waals surface area (Å²) in [5.41, 5.74) is 1.95. The van der Waals surface area contributed by atoms with Gasteiger partial charge in [0.2, 0.25) is 0 Å². The average molecular weight is 477 g/mol. The molecule has 0 aromatic heterocycles. The minimum Gasteiger partial charge on any atom is -0.356 e. The van der Waals surface area contributed by atoms with E-state index in [4.69, 9.17) is 0 Å². The van der Waals surface area contributed by atoms with Gasteiger partial charge in [-0.1, -0.05) is 35.4 Å². The molecule has 1 fully saturated rings. The molecule has 10 heteroatoms. The Morgan fingerprint density at radius 1 is 0.625 bits per heavy atom. The van der Waals surface area contributed by atoms with Crippen molar-refractivity contribution < 1.29 is 16.8 Å². The van der Waals surface area contributed by atoms with Crippen LogP contribution in [0.25, 0.3) is 0 Å². The number of piperazine rings is 1. The summed E-state index contributed by atoms with van der Waals surface area (Å²) >= 11 is 0. The van der Waals surface area contributed by atoms with Gasteiger partial charge in [-0.15, -0.1) is 8.80 Å². The van der Waals surface area contributed by atoms with E-state index >= 15 is 0 Å². The van der Waals surface area contributed by atoms with E-state index in [2.05, 4.69) is 8.80 Å². The Morgan fingerprint density at radius 2 is 0.906 bits per heavy atom. The summed E-state index contributed by atoms with van der Waals surface area (Å²) < 4.78 is 58.2. The molecule has 8 nitrogen and oxygen atoms in total. The fourth-order valence-corrected chi connectivity index (χ4v) is 5.44. The topological polar surface area (TPSA) is 99.5 Å². The number of amidine groups is 2. The predicted molar refractivity (Wildman–Crippen MR) is 126 cm³/mol. The highest BCUT2D eigenvalue weighted by atomic mass is 32.2. The first-order valence-electron chi connectivity index (χ1n) is 10.2. The lowest BCUT2D eigenvalue weighted by atomic mass is 10.2. The largest absolute Gasteiger partial charge is 0.356 e. The van der Waals surface area contributed by atoms with Crippen LogP contribution in [0.5, 0.6) is 0 Å². The summed E-state index contributed by atoms with van der Waals surface area (Å²) in [5.74, 6) is 0.819. The van der Waals surface area contributed by atoms with Crippen molar-refractivity contribution in [2.45, 2.75) is 37.5 Å². The maximum atomic E-state index is 12.6. The van der Waals surface area contributed by atoms with Crippen LogP contribution < -0.4 is 0 Å². The Balaban J connectivity index is 1.67. The van der Waals surface area contributed by atoms with Gasteiger partial charge in [0.1, 0.15) is 11.7 Å². The third-order valence-electron chi connectivity index (χ3n) is 5.34. The van der Waals surface area contributed by atoms with Crippen LogP contribution >= 0.6 is 0 Å². The fraction of sp³-hybridized carbons (Fsp3) is 0.364. The number of aryl methyl sites for hydroxylation is 2. The first kappa shape index (κ1) is 23.9. The molecule has 0 atom stereocenters. The minimum atomic E-state index is -3.78. The van der Waals surface area contributed by atoms with Crippen molar-refractivity contribution in [2.24, 2.45) is 8.80 Å². The first-order valence-corrected chi connectivity index (χ1v) is 13.1. The molecular weight excluding hydrogens is 448 g/mol. The lowest BCUT2D eigenvalue weighted by Gasteiger charge is -2.36. The van der Waals surface area contributed by atoms with Crippen LogP contribution in [0.2, 0.25) is 0 Å². The molecule has 0 aliphatic carbocycles. The van der Waals surface area contributed by atoms with E-state index in [9.17, 15) is 16.8 Å². The van der Waals surface area contributed by atoms with Crippen molar-refractivity contribution in [3.05, 3.63) is 59.7 Å². The zero-order chi connectivity index (χ0) is 23.5. The van der Waals surface area contributed by atoms with Gasteiger partial charge in [0.25, 0.3) is 20.0 Å². The fourth-order valence-electron chi connectivity index (χ4n) is 3.34. The van der Waals surface area contributed by atoms with Crippen LogP contribution in [0.15, 0.2) is 67.1 Å². The molecule has 0 radical (unpaired) electrons. The van der Waals surface area contributed by atoms with E-state index < -0.39 is 20.0 Å². The molecule has 0 N–H and O–H groups in total. The second-order valence-corrected chi connectivity index (χ2v) is 11.0. The second kappa shape index (κ2) is 9.41. The van der Waals surface area contributed by atoms with Crippen LogP contribution in [-0.4, -0.2) is 64.5 Å². The third kappa shape index (κ3) is 5.74. The van der Waals surface area contributed by atoms with Gasteiger partial charge < -0.3 is 9.80 Å². The molecule has 1 saturated heterocycles. The first-order chi connectivity index (χ1) is 15.0. The Labute approximate surface area is 190 Å². The van der Waals surface area contributed by atoms with Crippen LogP contribution in [0.4, 0.5) is 0 Å². The Bertz CT molecular complexity index is 1130. The lowest BCUT2D eigenvalue weighted by molar-refractivity contribution is 0.257. The van der Waals surface area contributed by atoms with Gasteiger partial charge in [-0.05, 0) is 52.0 Å². The van der Waals surface area contributed by atoms with Crippen LogP contribution in [-0.2, 0) is 20.0 Å². The summed E-state index contributed by atoms with van der Waals surface area (Å²) in [7, 11) is -7.57. The van der Waals surface area contributed by atoms with Crippen molar-refractivity contribution >= 4 is 31.7 Å². The predicted octanol–water partition coefficient (Wildman–Crippen LogP) is 2.84. The molecule has 1 aliphatic rings. The van der Waals surface area contributed by atoms with Gasteiger partial charge in [-0.3, -0.25) is 0 Å². The quantitative estimate of drug-likeness (QED) is 0.497. The Kier molecular flexibility index (Phi) is 7.04. The van der Waals surface area contributed by atoms with Crippen molar-refractivity contribution in [1.29, 1.82) is 0 Å². The van der Waals surface area contributed by atoms with E-state index in [1.807, 2.05) is 23.6 Å². The minimum absolute atomic E-state index is 0.158. The van der Waals surface area contributed by atoms with Gasteiger partial charge in [-0.25, -0.2) is 0 Å². The summed E-state index contributed by atoms with van der Waals surface area (Å²) in [5, 5.41) is 0. The molecule has 3 rings (SSSR count). The second-order valence-electron chi connectivity index (χ2n) is 7.83. The molecule has 0 spiro atoms. The third-order valence-corrected chi connectivity index (χ3v) is 8.08. The van der Waals surface area contributed by atoms with Crippen molar-refractivity contribution in [2.75, 3.05) is 26.2 Å². The molecule has 0 saturated carbocycles. The normalized spacial score (nSPS) is 16.4. The molecule has 0 amide bonds.